The number of nitriles is 1. The Labute approximate surface area is 148 Å². The molecule has 4 nitrogen and oxygen atoms in total. The molecule has 0 atom stereocenters. The zero-order chi connectivity index (χ0) is 18.1. The van der Waals surface area contributed by atoms with Gasteiger partial charge >= 0.3 is 0 Å². The van der Waals surface area contributed by atoms with Gasteiger partial charge in [0.15, 0.2) is 0 Å². The van der Waals surface area contributed by atoms with Crippen molar-refractivity contribution in [3.63, 3.8) is 0 Å². The van der Waals surface area contributed by atoms with Gasteiger partial charge in [-0.2, -0.15) is 5.26 Å². The zero-order valence-corrected chi connectivity index (χ0v) is 16.4. The van der Waals surface area contributed by atoms with Crippen LogP contribution in [0.3, 0.4) is 0 Å². The minimum atomic E-state index is 0.631. The van der Waals surface area contributed by atoms with Crippen molar-refractivity contribution in [2.24, 2.45) is 0 Å². The molecular weight excluding hydrogens is 296 g/mol. The molecule has 0 aromatic heterocycles. The lowest BCUT2D eigenvalue weighted by atomic mass is 9.97. The predicted molar refractivity (Wildman–Crippen MR) is 102 cm³/mol. The monoisotopic (exact) mass is 330 g/mol. The fourth-order valence-corrected chi connectivity index (χ4v) is 3.16. The fourth-order valence-electron chi connectivity index (χ4n) is 3.16. The summed E-state index contributed by atoms with van der Waals surface area (Å²) in [6.45, 7) is 10.7. The summed E-state index contributed by atoms with van der Waals surface area (Å²) in [6, 6.07) is 6.79. The third kappa shape index (κ3) is 7.00. The lowest BCUT2D eigenvalue weighted by Crippen LogP contribution is -2.42. The van der Waals surface area contributed by atoms with Crippen LogP contribution in [0.4, 0.5) is 0 Å². The van der Waals surface area contributed by atoms with Crippen molar-refractivity contribution in [1.82, 2.24) is 14.9 Å². The molecule has 0 aliphatic carbocycles. The van der Waals surface area contributed by atoms with Crippen molar-refractivity contribution in [3.05, 3.63) is 34.4 Å². The number of aryl methyl sites for hydroxylation is 3. The Balaban J connectivity index is 2.45. The topological polar surface area (TPSA) is 33.5 Å². The van der Waals surface area contributed by atoms with Gasteiger partial charge in [0.1, 0.15) is 0 Å². The van der Waals surface area contributed by atoms with Crippen LogP contribution >= 0.6 is 0 Å². The van der Waals surface area contributed by atoms with E-state index in [4.69, 9.17) is 5.26 Å². The van der Waals surface area contributed by atoms with Gasteiger partial charge in [0.05, 0.1) is 6.07 Å². The van der Waals surface area contributed by atoms with Crippen LogP contribution in [0.15, 0.2) is 12.1 Å². The first-order chi connectivity index (χ1) is 11.3. The highest BCUT2D eigenvalue weighted by Crippen LogP contribution is 2.17. The van der Waals surface area contributed by atoms with Crippen molar-refractivity contribution in [3.8, 4) is 6.07 Å². The van der Waals surface area contributed by atoms with Gasteiger partial charge in [0, 0.05) is 46.7 Å². The number of benzene rings is 1. The van der Waals surface area contributed by atoms with Crippen LogP contribution in [0, 0.1) is 32.1 Å². The van der Waals surface area contributed by atoms with Gasteiger partial charge in [0.25, 0.3) is 0 Å². The molecule has 0 bridgehead atoms. The van der Waals surface area contributed by atoms with E-state index in [1.54, 1.807) is 0 Å². The van der Waals surface area contributed by atoms with Crippen molar-refractivity contribution in [2.45, 2.75) is 40.0 Å². The summed E-state index contributed by atoms with van der Waals surface area (Å²) >= 11 is 0. The molecule has 0 amide bonds. The molecule has 0 unspecified atom stereocenters. The third-order valence-electron chi connectivity index (χ3n) is 4.59. The van der Waals surface area contributed by atoms with Crippen LogP contribution in [0.1, 0.15) is 35.1 Å². The number of rotatable bonds is 10. The van der Waals surface area contributed by atoms with E-state index in [0.717, 1.165) is 39.0 Å². The predicted octanol–water partition coefficient (Wildman–Crippen LogP) is 3.17. The van der Waals surface area contributed by atoms with E-state index < -0.39 is 0 Å². The van der Waals surface area contributed by atoms with E-state index in [9.17, 15) is 0 Å². The summed E-state index contributed by atoms with van der Waals surface area (Å²) in [4.78, 5) is 2.40. The van der Waals surface area contributed by atoms with E-state index >= 15 is 0 Å². The zero-order valence-electron chi connectivity index (χ0n) is 16.4. The number of hydrazine groups is 1. The Morgan fingerprint density at radius 2 is 1.54 bits per heavy atom. The van der Waals surface area contributed by atoms with Gasteiger partial charge < -0.3 is 4.90 Å². The molecule has 1 aromatic carbocycles. The van der Waals surface area contributed by atoms with Gasteiger partial charge in [-0.05, 0) is 57.4 Å². The second-order valence-electron chi connectivity index (χ2n) is 6.99. The molecule has 0 saturated carbocycles. The average molecular weight is 331 g/mol. The summed E-state index contributed by atoms with van der Waals surface area (Å²) in [7, 11) is 6.35. The molecule has 0 fully saturated rings. The molecule has 0 spiro atoms. The highest BCUT2D eigenvalue weighted by atomic mass is 15.6. The maximum Gasteiger partial charge on any atom is 0.0622 e. The van der Waals surface area contributed by atoms with E-state index in [2.05, 4.69) is 75.0 Å². The second kappa shape index (κ2) is 10.5. The van der Waals surface area contributed by atoms with E-state index in [1.807, 2.05) is 0 Å². The quantitative estimate of drug-likeness (QED) is 0.487. The van der Waals surface area contributed by atoms with Gasteiger partial charge in [-0.1, -0.05) is 17.7 Å². The summed E-state index contributed by atoms with van der Waals surface area (Å²) in [5.41, 5.74) is 5.66. The van der Waals surface area contributed by atoms with E-state index in [-0.39, 0.29) is 0 Å². The van der Waals surface area contributed by atoms with Crippen molar-refractivity contribution in [2.75, 3.05) is 47.3 Å². The van der Waals surface area contributed by atoms with Crippen LogP contribution in [-0.4, -0.2) is 62.2 Å². The number of hydrogen-bond donors (Lipinski definition) is 0. The van der Waals surface area contributed by atoms with Crippen LogP contribution in [0.5, 0.6) is 0 Å². The average Bonchev–Trinajstić information content (AvgIpc) is 2.49. The Kier molecular flexibility index (Phi) is 8.99. The van der Waals surface area contributed by atoms with Crippen LogP contribution < -0.4 is 0 Å². The van der Waals surface area contributed by atoms with Gasteiger partial charge in [-0.3, -0.25) is 0 Å². The molecule has 0 heterocycles. The molecule has 0 aliphatic rings. The highest BCUT2D eigenvalue weighted by molar-refractivity contribution is 5.37. The molecule has 0 saturated heterocycles. The normalized spacial score (nSPS) is 11.5. The Morgan fingerprint density at radius 1 is 0.917 bits per heavy atom. The maximum atomic E-state index is 8.69. The lowest BCUT2D eigenvalue weighted by molar-refractivity contribution is 0.0173. The van der Waals surface area contributed by atoms with E-state index in [1.165, 1.54) is 22.3 Å². The first-order valence-corrected chi connectivity index (χ1v) is 8.89. The number of nitrogens with zero attached hydrogens (tertiary/aromatic N) is 4. The fraction of sp³-hybridized carbons (Fsp3) is 0.650. The standard InChI is InChI=1S/C20H34N4/c1-17-15-18(2)20(19(3)16-17)9-12-23(6)13-14-24(22(4)5)11-8-7-10-21/h15-16H,7-9,11-14H2,1-6H3. The summed E-state index contributed by atoms with van der Waals surface area (Å²) in [6.07, 6.45) is 2.66. The summed E-state index contributed by atoms with van der Waals surface area (Å²) in [5.74, 6) is 0. The summed E-state index contributed by atoms with van der Waals surface area (Å²) < 4.78 is 0. The molecule has 0 aliphatic heterocycles. The van der Waals surface area contributed by atoms with Gasteiger partial charge in [-0.15, -0.1) is 0 Å². The van der Waals surface area contributed by atoms with Gasteiger partial charge in [0.2, 0.25) is 0 Å². The number of hydrogen-bond acceptors (Lipinski definition) is 4. The maximum absolute atomic E-state index is 8.69. The first-order valence-electron chi connectivity index (χ1n) is 8.89. The minimum absolute atomic E-state index is 0.631. The molecule has 0 N–H and O–H groups in total. The Morgan fingerprint density at radius 3 is 2.08 bits per heavy atom. The lowest BCUT2D eigenvalue weighted by Gasteiger charge is -2.30. The molecule has 1 aromatic rings. The smallest absolute Gasteiger partial charge is 0.0622 e. The molecule has 4 heteroatoms. The molecule has 24 heavy (non-hydrogen) atoms. The first kappa shape index (κ1) is 20.6. The highest BCUT2D eigenvalue weighted by Gasteiger charge is 2.10. The largest absolute Gasteiger partial charge is 0.305 e. The third-order valence-corrected chi connectivity index (χ3v) is 4.59. The van der Waals surface area contributed by atoms with Gasteiger partial charge in [-0.25, -0.2) is 10.0 Å². The Bertz CT molecular complexity index is 522. The second-order valence-corrected chi connectivity index (χ2v) is 6.99. The van der Waals surface area contributed by atoms with E-state index in [0.29, 0.717) is 6.42 Å². The Hall–Kier alpha value is -1.41. The van der Waals surface area contributed by atoms with Crippen LogP contribution in [-0.2, 0) is 6.42 Å². The molecule has 1 rings (SSSR count). The van der Waals surface area contributed by atoms with Crippen LogP contribution in [0.2, 0.25) is 0 Å². The summed E-state index contributed by atoms with van der Waals surface area (Å²) in [5, 5.41) is 13.1. The molecular formula is C20H34N4. The minimum Gasteiger partial charge on any atom is -0.305 e. The van der Waals surface area contributed by atoms with Crippen LogP contribution in [0.25, 0.3) is 0 Å². The van der Waals surface area contributed by atoms with Crippen molar-refractivity contribution in [1.29, 1.82) is 5.26 Å². The van der Waals surface area contributed by atoms with Crippen molar-refractivity contribution < 1.29 is 0 Å². The number of likely N-dealkylation sites (N-methyl/N-ethyl adjacent to an activating group) is 1. The number of unbranched alkanes of at least 4 members (excludes halogenated alkanes) is 1. The molecule has 0 radical (unpaired) electrons. The van der Waals surface area contributed by atoms with Crippen molar-refractivity contribution >= 4 is 0 Å². The molecule has 134 valence electrons. The SMILES string of the molecule is Cc1cc(C)c(CCN(C)CCN(CCCC#N)N(C)C)c(C)c1.